The third kappa shape index (κ3) is 5.76. The number of benzene rings is 2. The van der Waals surface area contributed by atoms with Crippen molar-refractivity contribution in [1.82, 2.24) is 19.8 Å². The Morgan fingerprint density at radius 3 is 2.49 bits per heavy atom. The molecule has 1 fully saturated rings. The van der Waals surface area contributed by atoms with E-state index < -0.39 is 21.8 Å². The third-order valence-corrected chi connectivity index (χ3v) is 7.98. The lowest BCUT2D eigenvalue weighted by Gasteiger charge is -2.31. The number of piperidine rings is 1. The number of sulfonamides is 1. The van der Waals surface area contributed by atoms with Crippen molar-refractivity contribution in [2.75, 3.05) is 13.1 Å². The molecule has 1 aliphatic heterocycles. The number of rotatable bonds is 6. The van der Waals surface area contributed by atoms with Crippen LogP contribution in [0.15, 0.2) is 57.9 Å². The van der Waals surface area contributed by atoms with E-state index in [2.05, 4.69) is 36.2 Å². The van der Waals surface area contributed by atoms with Crippen LogP contribution in [-0.4, -0.2) is 41.9 Å². The number of nitrogens with zero attached hydrogens (tertiary/aromatic N) is 3. The van der Waals surface area contributed by atoms with Crippen LogP contribution in [0.4, 0.5) is 4.39 Å². The Balaban J connectivity index is 1.36. The fourth-order valence-corrected chi connectivity index (χ4v) is 5.52. The maximum atomic E-state index is 13.2. The van der Waals surface area contributed by atoms with Crippen molar-refractivity contribution in [3.63, 3.8) is 0 Å². The zero-order valence-corrected chi connectivity index (χ0v) is 20.8. The summed E-state index contributed by atoms with van der Waals surface area (Å²) in [5.41, 5.74) is 2.05. The highest BCUT2D eigenvalue weighted by Crippen LogP contribution is 2.26. The molecule has 1 unspecified atom stereocenters. The summed E-state index contributed by atoms with van der Waals surface area (Å²) in [5.74, 6) is -0.598. The molecule has 0 aliphatic carbocycles. The smallest absolute Gasteiger partial charge is 0.246 e. The van der Waals surface area contributed by atoms with Crippen molar-refractivity contribution in [3.8, 4) is 11.4 Å². The number of amides is 1. The average Bonchev–Trinajstić information content (AvgIpc) is 3.31. The Kier molecular flexibility index (Phi) is 7.05. The van der Waals surface area contributed by atoms with Gasteiger partial charge in [0.2, 0.25) is 27.6 Å². The van der Waals surface area contributed by atoms with E-state index in [1.54, 1.807) is 0 Å². The molecule has 1 aliphatic rings. The first-order valence-electron chi connectivity index (χ1n) is 11.5. The summed E-state index contributed by atoms with van der Waals surface area (Å²) in [5, 5.41) is 6.78. The predicted octanol–water partition coefficient (Wildman–Crippen LogP) is 3.89. The van der Waals surface area contributed by atoms with Crippen LogP contribution in [0.3, 0.4) is 0 Å². The third-order valence-electron chi connectivity index (χ3n) is 6.10. The molecule has 3 aromatic rings. The zero-order valence-electron chi connectivity index (χ0n) is 20.0. The van der Waals surface area contributed by atoms with E-state index in [0.29, 0.717) is 25.2 Å². The standard InChI is InChI=1S/C25H29FN4O4S/c1-25(2,3)19-8-6-17(7-9-19)23-28-22(34-29-23)15-27-24(31)18-5-4-14-30(16-18)35(32,33)21-12-10-20(26)11-13-21/h6-13,18H,4-5,14-16H2,1-3H3,(H,27,31). The van der Waals surface area contributed by atoms with Gasteiger partial charge in [0, 0.05) is 18.7 Å². The Bertz CT molecular complexity index is 1280. The monoisotopic (exact) mass is 500 g/mol. The van der Waals surface area contributed by atoms with Crippen molar-refractivity contribution in [1.29, 1.82) is 0 Å². The Morgan fingerprint density at radius 2 is 1.83 bits per heavy atom. The van der Waals surface area contributed by atoms with E-state index in [1.165, 1.54) is 22.0 Å². The van der Waals surface area contributed by atoms with Gasteiger partial charge in [0.05, 0.1) is 17.4 Å². The Morgan fingerprint density at radius 1 is 1.14 bits per heavy atom. The molecule has 0 bridgehead atoms. The van der Waals surface area contributed by atoms with E-state index in [9.17, 15) is 17.6 Å². The highest BCUT2D eigenvalue weighted by Gasteiger charge is 2.33. The topological polar surface area (TPSA) is 105 Å². The summed E-state index contributed by atoms with van der Waals surface area (Å²) >= 11 is 0. The van der Waals surface area contributed by atoms with Crippen molar-refractivity contribution in [3.05, 3.63) is 65.8 Å². The van der Waals surface area contributed by atoms with E-state index in [4.69, 9.17) is 4.52 Å². The molecule has 2 aromatic carbocycles. The minimum atomic E-state index is -3.81. The van der Waals surface area contributed by atoms with Crippen molar-refractivity contribution >= 4 is 15.9 Å². The molecule has 4 rings (SSSR count). The number of hydrogen-bond donors (Lipinski definition) is 1. The van der Waals surface area contributed by atoms with Gasteiger partial charge in [-0.1, -0.05) is 50.2 Å². The van der Waals surface area contributed by atoms with E-state index in [1.807, 2.05) is 24.3 Å². The minimum Gasteiger partial charge on any atom is -0.347 e. The van der Waals surface area contributed by atoms with Gasteiger partial charge in [-0.2, -0.15) is 9.29 Å². The second-order valence-electron chi connectivity index (χ2n) is 9.71. The van der Waals surface area contributed by atoms with Gasteiger partial charge < -0.3 is 9.84 Å². The summed E-state index contributed by atoms with van der Waals surface area (Å²) < 4.78 is 45.5. The van der Waals surface area contributed by atoms with Gasteiger partial charge in [-0.05, 0) is 48.1 Å². The molecular weight excluding hydrogens is 471 g/mol. The number of halogens is 1. The number of carbonyl (C=O) groups is 1. The fraction of sp³-hybridized carbons (Fsp3) is 0.400. The van der Waals surface area contributed by atoms with E-state index in [0.717, 1.165) is 17.7 Å². The van der Waals surface area contributed by atoms with Crippen LogP contribution in [-0.2, 0) is 26.8 Å². The largest absolute Gasteiger partial charge is 0.347 e. The highest BCUT2D eigenvalue weighted by molar-refractivity contribution is 7.89. The molecule has 1 saturated heterocycles. The Labute approximate surface area is 204 Å². The number of aromatic nitrogens is 2. The molecule has 1 amide bonds. The SMILES string of the molecule is CC(C)(C)c1ccc(-c2noc(CNC(=O)C3CCCN(S(=O)(=O)c4ccc(F)cc4)C3)n2)cc1. The van der Waals surface area contributed by atoms with Crippen molar-refractivity contribution < 1.29 is 22.1 Å². The van der Waals surface area contributed by atoms with Crippen molar-refractivity contribution in [2.45, 2.75) is 50.5 Å². The van der Waals surface area contributed by atoms with Gasteiger partial charge in [-0.3, -0.25) is 4.79 Å². The first-order chi connectivity index (χ1) is 16.5. The summed E-state index contributed by atoms with van der Waals surface area (Å²) in [6.07, 6.45) is 1.12. The van der Waals surface area contributed by atoms with E-state index >= 15 is 0 Å². The number of carbonyl (C=O) groups excluding carboxylic acids is 1. The second kappa shape index (κ2) is 9.87. The molecule has 0 radical (unpaired) electrons. The lowest BCUT2D eigenvalue weighted by molar-refractivity contribution is -0.126. The molecular formula is C25H29FN4O4S. The average molecular weight is 501 g/mol. The summed E-state index contributed by atoms with van der Waals surface area (Å²) in [6.45, 7) is 6.83. The van der Waals surface area contributed by atoms with Gasteiger partial charge in [0.25, 0.3) is 0 Å². The maximum Gasteiger partial charge on any atom is 0.246 e. The molecule has 0 spiro atoms. The zero-order chi connectivity index (χ0) is 25.2. The second-order valence-corrected chi connectivity index (χ2v) is 11.7. The molecule has 10 heteroatoms. The number of nitrogens with one attached hydrogen (secondary N) is 1. The van der Waals surface area contributed by atoms with Crippen LogP contribution in [0.2, 0.25) is 0 Å². The van der Waals surface area contributed by atoms with Gasteiger partial charge in [0.15, 0.2) is 0 Å². The predicted molar refractivity (Wildman–Crippen MR) is 128 cm³/mol. The maximum absolute atomic E-state index is 13.2. The van der Waals surface area contributed by atoms with Crippen LogP contribution in [0, 0.1) is 11.7 Å². The molecule has 8 nitrogen and oxygen atoms in total. The van der Waals surface area contributed by atoms with Gasteiger partial charge in [-0.15, -0.1) is 0 Å². The van der Waals surface area contributed by atoms with Gasteiger partial charge in [-0.25, -0.2) is 12.8 Å². The molecule has 1 atom stereocenters. The van der Waals surface area contributed by atoms with Crippen LogP contribution in [0.5, 0.6) is 0 Å². The highest BCUT2D eigenvalue weighted by atomic mass is 32.2. The molecule has 0 saturated carbocycles. The minimum absolute atomic E-state index is 0.00822. The fourth-order valence-electron chi connectivity index (χ4n) is 4.00. The molecule has 1 aromatic heterocycles. The lowest BCUT2D eigenvalue weighted by atomic mass is 9.87. The van der Waals surface area contributed by atoms with Crippen LogP contribution >= 0.6 is 0 Å². The first-order valence-corrected chi connectivity index (χ1v) is 12.9. The van der Waals surface area contributed by atoms with Crippen molar-refractivity contribution in [2.24, 2.45) is 5.92 Å². The summed E-state index contributed by atoms with van der Waals surface area (Å²) in [6, 6.07) is 12.6. The van der Waals surface area contributed by atoms with E-state index in [-0.39, 0.29) is 35.2 Å². The molecule has 186 valence electrons. The number of hydrogen-bond acceptors (Lipinski definition) is 6. The van der Waals surface area contributed by atoms with Crippen LogP contribution in [0.1, 0.15) is 45.1 Å². The lowest BCUT2D eigenvalue weighted by Crippen LogP contribution is -2.45. The quantitative estimate of drug-likeness (QED) is 0.551. The summed E-state index contributed by atoms with van der Waals surface area (Å²) in [4.78, 5) is 17.1. The Hall–Kier alpha value is -3.11. The molecule has 2 heterocycles. The first kappa shape index (κ1) is 25.0. The van der Waals surface area contributed by atoms with Crippen LogP contribution < -0.4 is 5.32 Å². The van der Waals surface area contributed by atoms with Gasteiger partial charge in [0.1, 0.15) is 5.82 Å². The molecule has 35 heavy (non-hydrogen) atoms. The molecule has 1 N–H and O–H groups in total. The van der Waals surface area contributed by atoms with Gasteiger partial charge >= 0.3 is 0 Å². The normalized spacial score (nSPS) is 17.3. The van der Waals surface area contributed by atoms with Crippen LogP contribution in [0.25, 0.3) is 11.4 Å². The summed E-state index contributed by atoms with van der Waals surface area (Å²) in [7, 11) is -3.81.